The van der Waals surface area contributed by atoms with E-state index in [1.165, 1.54) is 0 Å². The van der Waals surface area contributed by atoms with Gasteiger partial charge in [0.1, 0.15) is 5.60 Å². The summed E-state index contributed by atoms with van der Waals surface area (Å²) in [5.74, 6) is 0. The van der Waals surface area contributed by atoms with Gasteiger partial charge < -0.3 is 9.64 Å². The third-order valence-corrected chi connectivity index (χ3v) is 5.12. The molecule has 0 aromatic heterocycles. The first-order chi connectivity index (χ1) is 9.99. The van der Waals surface area contributed by atoms with Crippen LogP contribution in [0.4, 0.5) is 4.79 Å². The van der Waals surface area contributed by atoms with Crippen LogP contribution in [0.2, 0.25) is 0 Å². The molecule has 0 aromatic rings. The van der Waals surface area contributed by atoms with E-state index in [-0.39, 0.29) is 16.9 Å². The Kier molecular flexibility index (Phi) is 6.86. The van der Waals surface area contributed by atoms with E-state index in [9.17, 15) is 9.00 Å². The van der Waals surface area contributed by atoms with Gasteiger partial charge in [0.05, 0.1) is 15.7 Å². The minimum absolute atomic E-state index is 0.185. The highest BCUT2D eigenvalue weighted by Gasteiger charge is 2.26. The van der Waals surface area contributed by atoms with Gasteiger partial charge in [-0.05, 0) is 60.8 Å². The highest BCUT2D eigenvalue weighted by Crippen LogP contribution is 2.17. The molecule has 1 rings (SSSR count). The Morgan fingerprint density at radius 2 is 1.73 bits per heavy atom. The molecule has 6 heteroatoms. The van der Waals surface area contributed by atoms with Gasteiger partial charge in [0.15, 0.2) is 0 Å². The average Bonchev–Trinajstić information content (AvgIpc) is 2.28. The number of rotatable bonds is 2. The van der Waals surface area contributed by atoms with Crippen LogP contribution >= 0.6 is 0 Å². The van der Waals surface area contributed by atoms with Crippen molar-refractivity contribution in [3.63, 3.8) is 0 Å². The lowest BCUT2D eigenvalue weighted by molar-refractivity contribution is 0.0232. The fraction of sp³-hybridized carbons (Fsp3) is 0.938. The summed E-state index contributed by atoms with van der Waals surface area (Å²) in [7, 11) is -1.07. The SMILES string of the molecule is CC(C)(C)OC(=O)N1CCCCC(N[S@](=O)C(C)(C)C)CC1. The van der Waals surface area contributed by atoms with Crippen LogP contribution in [0.15, 0.2) is 0 Å². The second-order valence-corrected chi connectivity index (χ2v) is 9.95. The number of amides is 1. The Labute approximate surface area is 137 Å². The van der Waals surface area contributed by atoms with Gasteiger partial charge in [0, 0.05) is 19.1 Å². The van der Waals surface area contributed by atoms with Crippen LogP contribution in [0.5, 0.6) is 0 Å². The topological polar surface area (TPSA) is 58.6 Å². The summed E-state index contributed by atoms with van der Waals surface area (Å²) >= 11 is 0. The van der Waals surface area contributed by atoms with Gasteiger partial charge in [0.25, 0.3) is 0 Å². The summed E-state index contributed by atoms with van der Waals surface area (Å²) in [6.45, 7) is 12.9. The predicted octanol–water partition coefficient (Wildman–Crippen LogP) is 3.22. The van der Waals surface area contributed by atoms with Crippen molar-refractivity contribution < 1.29 is 13.7 Å². The molecule has 1 fully saturated rings. The molecule has 1 unspecified atom stereocenters. The van der Waals surface area contributed by atoms with Crippen molar-refractivity contribution in [1.82, 2.24) is 9.62 Å². The molecule has 1 saturated heterocycles. The van der Waals surface area contributed by atoms with Gasteiger partial charge in [-0.3, -0.25) is 0 Å². The lowest BCUT2D eigenvalue weighted by Gasteiger charge is -2.31. The van der Waals surface area contributed by atoms with Crippen LogP contribution in [0.1, 0.15) is 67.2 Å². The molecule has 0 bridgehead atoms. The van der Waals surface area contributed by atoms with Crippen molar-refractivity contribution in [2.75, 3.05) is 13.1 Å². The summed E-state index contributed by atoms with van der Waals surface area (Å²) in [6.07, 6.45) is 3.55. The van der Waals surface area contributed by atoms with Gasteiger partial charge in [-0.25, -0.2) is 13.7 Å². The predicted molar refractivity (Wildman–Crippen MR) is 91.1 cm³/mol. The normalized spacial score (nSPS) is 22.6. The number of likely N-dealkylation sites (tertiary alicyclic amines) is 1. The fourth-order valence-electron chi connectivity index (χ4n) is 2.22. The van der Waals surface area contributed by atoms with E-state index in [0.717, 1.165) is 32.2 Å². The van der Waals surface area contributed by atoms with Crippen molar-refractivity contribution in [3.05, 3.63) is 0 Å². The first kappa shape index (κ1) is 19.4. The minimum atomic E-state index is -1.07. The van der Waals surface area contributed by atoms with Crippen LogP contribution in [-0.4, -0.2) is 44.7 Å². The van der Waals surface area contributed by atoms with Crippen LogP contribution in [0.25, 0.3) is 0 Å². The van der Waals surface area contributed by atoms with E-state index >= 15 is 0 Å². The van der Waals surface area contributed by atoms with Gasteiger partial charge in [-0.2, -0.15) is 0 Å². The number of carbonyl (C=O) groups is 1. The van der Waals surface area contributed by atoms with E-state index in [4.69, 9.17) is 4.74 Å². The average molecular weight is 333 g/mol. The van der Waals surface area contributed by atoms with Crippen molar-refractivity contribution >= 4 is 17.1 Å². The van der Waals surface area contributed by atoms with Crippen molar-refractivity contribution in [2.45, 2.75) is 83.6 Å². The molecular formula is C16H32N2O3S. The lowest BCUT2D eigenvalue weighted by Crippen LogP contribution is -2.44. The third-order valence-electron chi connectivity index (χ3n) is 3.46. The van der Waals surface area contributed by atoms with Crippen molar-refractivity contribution in [1.29, 1.82) is 0 Å². The number of carbonyl (C=O) groups excluding carboxylic acids is 1. The zero-order valence-corrected chi connectivity index (χ0v) is 15.7. The summed E-state index contributed by atoms with van der Waals surface area (Å²) in [5, 5.41) is 0. The third kappa shape index (κ3) is 7.09. The summed E-state index contributed by atoms with van der Waals surface area (Å²) in [6, 6.07) is 0.185. The van der Waals surface area contributed by atoms with Gasteiger partial charge >= 0.3 is 6.09 Å². The molecule has 0 radical (unpaired) electrons. The molecule has 0 aliphatic carbocycles. The maximum atomic E-state index is 12.2. The van der Waals surface area contributed by atoms with Crippen molar-refractivity contribution in [2.24, 2.45) is 0 Å². The number of hydrogen-bond donors (Lipinski definition) is 1. The smallest absolute Gasteiger partial charge is 0.410 e. The molecule has 1 aliphatic rings. The molecule has 1 N–H and O–H groups in total. The molecule has 22 heavy (non-hydrogen) atoms. The highest BCUT2D eigenvalue weighted by molar-refractivity contribution is 7.84. The molecule has 2 atom stereocenters. The zero-order chi connectivity index (χ0) is 17.0. The van der Waals surface area contributed by atoms with Crippen LogP contribution in [-0.2, 0) is 15.7 Å². The molecule has 0 spiro atoms. The summed E-state index contributed by atoms with van der Waals surface area (Å²) in [4.78, 5) is 14.0. The summed E-state index contributed by atoms with van der Waals surface area (Å²) in [5.41, 5.74) is -0.467. The molecule has 130 valence electrons. The Balaban J connectivity index is 2.57. The quantitative estimate of drug-likeness (QED) is 0.844. The van der Waals surface area contributed by atoms with E-state index in [0.29, 0.717) is 6.54 Å². The van der Waals surface area contributed by atoms with E-state index in [1.807, 2.05) is 41.5 Å². The second kappa shape index (κ2) is 7.77. The minimum Gasteiger partial charge on any atom is -0.444 e. The molecular weight excluding hydrogens is 300 g/mol. The molecule has 0 saturated carbocycles. The van der Waals surface area contributed by atoms with Crippen LogP contribution < -0.4 is 4.72 Å². The van der Waals surface area contributed by atoms with Crippen LogP contribution in [0.3, 0.4) is 0 Å². The maximum absolute atomic E-state index is 12.2. The zero-order valence-electron chi connectivity index (χ0n) is 14.9. The van der Waals surface area contributed by atoms with Gasteiger partial charge in [-0.1, -0.05) is 6.42 Å². The molecule has 1 heterocycles. The Morgan fingerprint density at radius 3 is 2.27 bits per heavy atom. The number of ether oxygens (including phenoxy) is 1. The number of nitrogens with one attached hydrogen (secondary N) is 1. The first-order valence-electron chi connectivity index (χ1n) is 8.15. The Morgan fingerprint density at radius 1 is 1.09 bits per heavy atom. The monoisotopic (exact) mass is 332 g/mol. The fourth-order valence-corrected chi connectivity index (χ4v) is 3.11. The molecule has 1 aliphatic heterocycles. The molecule has 0 aromatic carbocycles. The van der Waals surface area contributed by atoms with Crippen molar-refractivity contribution in [3.8, 4) is 0 Å². The Hall–Kier alpha value is -0.620. The lowest BCUT2D eigenvalue weighted by atomic mass is 10.0. The van der Waals surface area contributed by atoms with Crippen LogP contribution in [0, 0.1) is 0 Å². The standard InChI is InChI=1S/C16H32N2O3S/c1-15(2,3)21-14(19)18-11-8-7-9-13(10-12-18)17-22(20)16(4,5)6/h13,17H,7-12H2,1-6H3/t13?,22-/m1/s1. The largest absolute Gasteiger partial charge is 0.444 e. The van der Waals surface area contributed by atoms with E-state index in [2.05, 4.69) is 4.72 Å². The number of hydrogen-bond acceptors (Lipinski definition) is 3. The van der Waals surface area contributed by atoms with Gasteiger partial charge in [0.2, 0.25) is 0 Å². The molecule has 5 nitrogen and oxygen atoms in total. The summed E-state index contributed by atoms with van der Waals surface area (Å²) < 4.78 is 20.6. The van der Waals surface area contributed by atoms with Gasteiger partial charge in [-0.15, -0.1) is 0 Å². The van der Waals surface area contributed by atoms with E-state index < -0.39 is 16.6 Å². The molecule has 1 amide bonds. The highest BCUT2D eigenvalue weighted by atomic mass is 32.2. The second-order valence-electron chi connectivity index (χ2n) is 7.95. The Bertz CT molecular complexity index is 399. The number of nitrogens with zero attached hydrogens (tertiary/aromatic N) is 1. The first-order valence-corrected chi connectivity index (χ1v) is 9.30. The maximum Gasteiger partial charge on any atom is 0.410 e. The van der Waals surface area contributed by atoms with E-state index in [1.54, 1.807) is 4.90 Å².